The Morgan fingerprint density at radius 2 is 2.00 bits per heavy atom. The maximum Gasteiger partial charge on any atom is 0.374 e. The second-order valence-corrected chi connectivity index (χ2v) is 5.16. The third-order valence-corrected chi connectivity index (χ3v) is 3.27. The van der Waals surface area contributed by atoms with Crippen LogP contribution in [0.5, 0.6) is 0 Å². The highest BCUT2D eigenvalue weighted by Gasteiger charge is 2.13. The van der Waals surface area contributed by atoms with Gasteiger partial charge in [0.25, 0.3) is 5.91 Å². The summed E-state index contributed by atoms with van der Waals surface area (Å²) >= 11 is 3.08. The maximum atomic E-state index is 11.6. The number of amides is 1. The van der Waals surface area contributed by atoms with Crippen LogP contribution in [-0.2, 0) is 16.1 Å². The molecule has 1 N–H and O–H groups in total. The van der Waals surface area contributed by atoms with Crippen molar-refractivity contribution < 1.29 is 18.7 Å². The van der Waals surface area contributed by atoms with Gasteiger partial charge in [0.1, 0.15) is 0 Å². The fourth-order valence-corrected chi connectivity index (χ4v) is 1.99. The largest absolute Gasteiger partial charge is 0.450 e. The molecule has 0 unspecified atom stereocenters. The van der Waals surface area contributed by atoms with Gasteiger partial charge >= 0.3 is 5.97 Å². The van der Waals surface area contributed by atoms with Gasteiger partial charge in [0.15, 0.2) is 11.3 Å². The number of ether oxygens (including phenoxy) is 1. The normalized spacial score (nSPS) is 10.2. The van der Waals surface area contributed by atoms with Crippen molar-refractivity contribution in [1.29, 1.82) is 0 Å². The van der Waals surface area contributed by atoms with E-state index in [9.17, 15) is 9.59 Å². The lowest BCUT2D eigenvalue weighted by Gasteiger charge is -2.08. The molecule has 0 saturated carbocycles. The van der Waals surface area contributed by atoms with Crippen LogP contribution in [-0.4, -0.2) is 18.5 Å². The molecule has 0 aliphatic rings. The summed E-state index contributed by atoms with van der Waals surface area (Å²) in [6, 6.07) is 10.8. The molecule has 0 saturated heterocycles. The number of nitrogens with one attached hydrogen (secondary N) is 1. The first kappa shape index (κ1) is 15.3. The highest BCUT2D eigenvalue weighted by atomic mass is 79.9. The minimum atomic E-state index is -0.674. The smallest absolute Gasteiger partial charge is 0.374 e. The molecule has 0 aliphatic carbocycles. The van der Waals surface area contributed by atoms with Crippen LogP contribution in [0, 0.1) is 6.92 Å². The summed E-state index contributed by atoms with van der Waals surface area (Å²) in [6.07, 6.45) is 0. The Balaban J connectivity index is 1.78. The summed E-state index contributed by atoms with van der Waals surface area (Å²) in [4.78, 5) is 23.2. The molecule has 0 radical (unpaired) electrons. The van der Waals surface area contributed by atoms with E-state index in [-0.39, 0.29) is 18.3 Å². The number of esters is 1. The third kappa shape index (κ3) is 4.46. The Kier molecular flexibility index (Phi) is 5.16. The molecule has 6 heteroatoms. The standard InChI is InChI=1S/C15H14BrNO4/c1-10-4-2-3-5-11(10)8-17-14(18)9-20-15(19)12-6-7-13(16)21-12/h2-7H,8-9H2,1H3,(H,17,18). The fraction of sp³-hybridized carbons (Fsp3) is 0.200. The van der Waals surface area contributed by atoms with E-state index in [2.05, 4.69) is 21.2 Å². The van der Waals surface area contributed by atoms with E-state index in [1.807, 2.05) is 31.2 Å². The summed E-state index contributed by atoms with van der Waals surface area (Å²) < 4.78 is 10.3. The monoisotopic (exact) mass is 351 g/mol. The van der Waals surface area contributed by atoms with Crippen LogP contribution < -0.4 is 5.32 Å². The first-order chi connectivity index (χ1) is 10.1. The Hall–Kier alpha value is -2.08. The number of carbonyl (C=O) groups is 2. The van der Waals surface area contributed by atoms with Crippen LogP contribution >= 0.6 is 15.9 Å². The van der Waals surface area contributed by atoms with Gasteiger partial charge in [-0.05, 0) is 46.1 Å². The average molecular weight is 352 g/mol. The number of rotatable bonds is 5. The summed E-state index contributed by atoms with van der Waals surface area (Å²) in [6.45, 7) is 2.02. The molecule has 0 spiro atoms. The second-order valence-electron chi connectivity index (χ2n) is 4.38. The maximum absolute atomic E-state index is 11.6. The molecule has 0 aliphatic heterocycles. The van der Waals surface area contributed by atoms with E-state index in [1.165, 1.54) is 6.07 Å². The Morgan fingerprint density at radius 3 is 2.67 bits per heavy atom. The van der Waals surface area contributed by atoms with Crippen LogP contribution in [0.25, 0.3) is 0 Å². The molecule has 1 amide bonds. The lowest BCUT2D eigenvalue weighted by atomic mass is 10.1. The zero-order chi connectivity index (χ0) is 15.2. The van der Waals surface area contributed by atoms with Crippen molar-refractivity contribution in [3.63, 3.8) is 0 Å². The highest BCUT2D eigenvalue weighted by molar-refractivity contribution is 9.10. The van der Waals surface area contributed by atoms with E-state index in [0.29, 0.717) is 11.2 Å². The van der Waals surface area contributed by atoms with Crippen molar-refractivity contribution in [3.05, 3.63) is 58.0 Å². The van der Waals surface area contributed by atoms with Gasteiger partial charge in [-0.15, -0.1) is 0 Å². The van der Waals surface area contributed by atoms with Crippen molar-refractivity contribution in [3.8, 4) is 0 Å². The molecule has 1 heterocycles. The SMILES string of the molecule is Cc1ccccc1CNC(=O)COC(=O)c1ccc(Br)o1. The molecule has 1 aromatic carbocycles. The van der Waals surface area contributed by atoms with Crippen LogP contribution in [0.4, 0.5) is 0 Å². The number of furan rings is 1. The van der Waals surface area contributed by atoms with Crippen molar-refractivity contribution >= 4 is 27.8 Å². The Labute approximate surface area is 130 Å². The molecule has 2 rings (SSSR count). The number of carbonyl (C=O) groups excluding carboxylic acids is 2. The summed E-state index contributed by atoms with van der Waals surface area (Å²) in [5.74, 6) is -0.988. The first-order valence-electron chi connectivity index (χ1n) is 6.30. The minimum absolute atomic E-state index is 0.0496. The van der Waals surface area contributed by atoms with Crippen LogP contribution in [0.15, 0.2) is 45.5 Å². The first-order valence-corrected chi connectivity index (χ1v) is 7.09. The number of hydrogen-bond donors (Lipinski definition) is 1. The van der Waals surface area contributed by atoms with E-state index in [4.69, 9.17) is 9.15 Å². The molecule has 0 bridgehead atoms. The molecule has 0 atom stereocenters. The zero-order valence-electron chi connectivity index (χ0n) is 11.4. The molecular formula is C15H14BrNO4. The molecular weight excluding hydrogens is 338 g/mol. The van der Waals surface area contributed by atoms with Crippen LogP contribution in [0.2, 0.25) is 0 Å². The lowest BCUT2D eigenvalue weighted by molar-refractivity contribution is -0.124. The van der Waals surface area contributed by atoms with Gasteiger partial charge < -0.3 is 14.5 Å². The van der Waals surface area contributed by atoms with E-state index < -0.39 is 5.97 Å². The van der Waals surface area contributed by atoms with Gasteiger partial charge in [-0.2, -0.15) is 0 Å². The van der Waals surface area contributed by atoms with Crippen molar-refractivity contribution in [2.45, 2.75) is 13.5 Å². The summed E-state index contributed by atoms with van der Waals surface area (Å²) in [7, 11) is 0. The molecule has 21 heavy (non-hydrogen) atoms. The van der Waals surface area contributed by atoms with Gasteiger partial charge in [-0.1, -0.05) is 24.3 Å². The van der Waals surface area contributed by atoms with E-state index >= 15 is 0 Å². The molecule has 5 nitrogen and oxygen atoms in total. The van der Waals surface area contributed by atoms with Crippen molar-refractivity contribution in [2.75, 3.05) is 6.61 Å². The highest BCUT2D eigenvalue weighted by Crippen LogP contribution is 2.14. The Bertz CT molecular complexity index is 651. The summed E-state index contributed by atoms with van der Waals surface area (Å²) in [5, 5.41) is 2.70. The second kappa shape index (κ2) is 7.08. The number of benzene rings is 1. The summed E-state index contributed by atoms with van der Waals surface area (Å²) in [5.41, 5.74) is 2.11. The van der Waals surface area contributed by atoms with Crippen molar-refractivity contribution in [2.24, 2.45) is 0 Å². The predicted molar refractivity (Wildman–Crippen MR) is 79.7 cm³/mol. The Morgan fingerprint density at radius 1 is 1.24 bits per heavy atom. The van der Waals surface area contributed by atoms with Crippen LogP contribution in [0.1, 0.15) is 21.7 Å². The molecule has 110 valence electrons. The van der Waals surface area contributed by atoms with Gasteiger partial charge in [0.2, 0.25) is 5.76 Å². The van der Waals surface area contributed by atoms with Crippen molar-refractivity contribution in [1.82, 2.24) is 5.32 Å². The molecule has 1 aromatic heterocycles. The zero-order valence-corrected chi connectivity index (χ0v) is 13.0. The van der Waals surface area contributed by atoms with Crippen LogP contribution in [0.3, 0.4) is 0 Å². The number of hydrogen-bond acceptors (Lipinski definition) is 4. The third-order valence-electron chi connectivity index (χ3n) is 2.85. The van der Waals surface area contributed by atoms with Gasteiger partial charge in [0, 0.05) is 6.54 Å². The minimum Gasteiger partial charge on any atom is -0.450 e. The van der Waals surface area contributed by atoms with E-state index in [1.54, 1.807) is 6.07 Å². The number of halogens is 1. The van der Waals surface area contributed by atoms with Gasteiger partial charge in [-0.3, -0.25) is 4.79 Å². The number of aryl methyl sites for hydroxylation is 1. The lowest BCUT2D eigenvalue weighted by Crippen LogP contribution is -2.28. The topological polar surface area (TPSA) is 68.5 Å². The molecule has 0 fully saturated rings. The molecule has 2 aromatic rings. The fourth-order valence-electron chi connectivity index (χ4n) is 1.68. The van der Waals surface area contributed by atoms with Gasteiger partial charge in [-0.25, -0.2) is 4.79 Å². The van der Waals surface area contributed by atoms with E-state index in [0.717, 1.165) is 11.1 Å². The average Bonchev–Trinajstić information content (AvgIpc) is 2.90. The van der Waals surface area contributed by atoms with Gasteiger partial charge in [0.05, 0.1) is 0 Å². The predicted octanol–water partition coefficient (Wildman–Crippen LogP) is 2.82. The quantitative estimate of drug-likeness (QED) is 0.841.